The van der Waals surface area contributed by atoms with Crippen molar-refractivity contribution in [2.24, 2.45) is 5.92 Å². The molecule has 1 aromatic rings. The van der Waals surface area contributed by atoms with E-state index in [-0.39, 0.29) is 5.97 Å². The summed E-state index contributed by atoms with van der Waals surface area (Å²) in [5.41, 5.74) is 0.438. The van der Waals surface area contributed by atoms with Gasteiger partial charge in [0.15, 0.2) is 10.8 Å². The quantitative estimate of drug-likeness (QED) is 0.821. The third kappa shape index (κ3) is 2.77. The van der Waals surface area contributed by atoms with Crippen LogP contribution in [0.3, 0.4) is 0 Å². The summed E-state index contributed by atoms with van der Waals surface area (Å²) in [6.07, 6.45) is 3.72. The normalized spacial score (nSPS) is 22.3. The van der Waals surface area contributed by atoms with E-state index in [1.165, 1.54) is 37.7 Å². The average Bonchev–Trinajstić information content (AvgIpc) is 2.91. The Morgan fingerprint density at radius 2 is 2.41 bits per heavy atom. The van der Waals surface area contributed by atoms with Crippen LogP contribution >= 0.6 is 11.3 Å². The van der Waals surface area contributed by atoms with Crippen LogP contribution in [0.15, 0.2) is 0 Å². The molecule has 0 amide bonds. The second-order valence-corrected chi connectivity index (χ2v) is 5.65. The Morgan fingerprint density at radius 1 is 1.65 bits per heavy atom. The predicted octanol–water partition coefficient (Wildman–Crippen LogP) is 2.84. The number of carbonyl (C=O) groups is 1. The molecule has 0 bridgehead atoms. The van der Waals surface area contributed by atoms with E-state index in [1.807, 2.05) is 6.92 Å². The van der Waals surface area contributed by atoms with Gasteiger partial charge in [0.2, 0.25) is 0 Å². The largest absolute Gasteiger partial charge is 0.464 e. The van der Waals surface area contributed by atoms with Crippen LogP contribution < -0.4 is 5.32 Å². The van der Waals surface area contributed by atoms with Gasteiger partial charge in [-0.3, -0.25) is 0 Å². The molecule has 2 atom stereocenters. The highest BCUT2D eigenvalue weighted by molar-refractivity contribution is 7.15. The molecule has 1 aliphatic rings. The molecular formula is C12H18N2O2S. The molecule has 1 fully saturated rings. The minimum Gasteiger partial charge on any atom is -0.464 e. The Bertz CT molecular complexity index is 417. The first-order chi connectivity index (χ1) is 8.15. The Balaban J connectivity index is 1.97. The molecule has 2 unspecified atom stereocenters. The van der Waals surface area contributed by atoms with E-state index in [9.17, 15) is 4.79 Å². The number of nitrogens with zero attached hydrogens (tertiary/aromatic N) is 1. The van der Waals surface area contributed by atoms with Crippen molar-refractivity contribution in [3.63, 3.8) is 0 Å². The van der Waals surface area contributed by atoms with Gasteiger partial charge in [-0.1, -0.05) is 13.3 Å². The van der Waals surface area contributed by atoms with E-state index < -0.39 is 0 Å². The van der Waals surface area contributed by atoms with Crippen LogP contribution in [-0.4, -0.2) is 24.1 Å². The lowest BCUT2D eigenvalue weighted by atomic mass is 10.2. The standard InChI is InChI=1S/C12H18N2O2S/c1-4-5-8-6-9(8)13-12-14-10(7(2)17-12)11(15)16-3/h8-9H,4-6H2,1-3H3,(H,13,14). The van der Waals surface area contributed by atoms with Crippen molar-refractivity contribution in [3.8, 4) is 0 Å². The molecular weight excluding hydrogens is 236 g/mol. The van der Waals surface area contributed by atoms with Crippen molar-refractivity contribution in [3.05, 3.63) is 10.6 Å². The van der Waals surface area contributed by atoms with Crippen LogP contribution in [0.1, 0.15) is 41.6 Å². The summed E-state index contributed by atoms with van der Waals surface area (Å²) in [6.45, 7) is 4.10. The molecule has 0 spiro atoms. The Hall–Kier alpha value is -1.10. The predicted molar refractivity (Wildman–Crippen MR) is 68.6 cm³/mol. The highest BCUT2D eigenvalue weighted by Crippen LogP contribution is 2.38. The lowest BCUT2D eigenvalue weighted by molar-refractivity contribution is 0.0594. The van der Waals surface area contributed by atoms with Crippen molar-refractivity contribution in [1.82, 2.24) is 4.98 Å². The molecule has 1 N–H and O–H groups in total. The summed E-state index contributed by atoms with van der Waals surface area (Å²) < 4.78 is 4.69. The SMILES string of the molecule is CCCC1CC1Nc1nc(C(=O)OC)c(C)s1. The third-order valence-electron chi connectivity index (χ3n) is 3.07. The van der Waals surface area contributed by atoms with Gasteiger partial charge in [-0.05, 0) is 25.7 Å². The Morgan fingerprint density at radius 3 is 3.06 bits per heavy atom. The van der Waals surface area contributed by atoms with E-state index in [0.717, 1.165) is 15.9 Å². The monoisotopic (exact) mass is 254 g/mol. The summed E-state index contributed by atoms with van der Waals surface area (Å²) in [4.78, 5) is 16.6. The minimum absolute atomic E-state index is 0.354. The first-order valence-electron chi connectivity index (χ1n) is 5.98. The molecule has 4 nitrogen and oxygen atoms in total. The summed E-state index contributed by atoms with van der Waals surface area (Å²) >= 11 is 1.52. The first-order valence-corrected chi connectivity index (χ1v) is 6.79. The maximum Gasteiger partial charge on any atom is 0.357 e. The maximum absolute atomic E-state index is 11.4. The van der Waals surface area contributed by atoms with E-state index in [0.29, 0.717) is 11.7 Å². The molecule has 1 heterocycles. The van der Waals surface area contributed by atoms with Gasteiger partial charge >= 0.3 is 5.97 Å². The molecule has 5 heteroatoms. The van der Waals surface area contributed by atoms with Crippen LogP contribution in [-0.2, 0) is 4.74 Å². The Kier molecular flexibility index (Phi) is 3.66. The number of aryl methyl sites for hydroxylation is 1. The van der Waals surface area contributed by atoms with Gasteiger partial charge in [0.25, 0.3) is 0 Å². The summed E-state index contributed by atoms with van der Waals surface area (Å²) in [5, 5.41) is 4.23. The van der Waals surface area contributed by atoms with E-state index in [1.54, 1.807) is 0 Å². The molecule has 1 saturated carbocycles. The number of esters is 1. The zero-order chi connectivity index (χ0) is 12.4. The van der Waals surface area contributed by atoms with Crippen molar-refractivity contribution in [2.75, 3.05) is 12.4 Å². The van der Waals surface area contributed by atoms with Crippen LogP contribution in [0.2, 0.25) is 0 Å². The van der Waals surface area contributed by atoms with Gasteiger partial charge in [-0.15, -0.1) is 11.3 Å². The van der Waals surface area contributed by atoms with Crippen LogP contribution in [0, 0.1) is 12.8 Å². The third-order valence-corrected chi connectivity index (χ3v) is 3.97. The zero-order valence-electron chi connectivity index (χ0n) is 10.4. The van der Waals surface area contributed by atoms with Gasteiger partial charge in [0.05, 0.1) is 7.11 Å². The Labute approximate surface area is 105 Å². The number of carbonyl (C=O) groups excluding carboxylic acids is 1. The lowest BCUT2D eigenvalue weighted by Gasteiger charge is -1.99. The van der Waals surface area contributed by atoms with E-state index in [2.05, 4.69) is 22.0 Å². The molecule has 1 aromatic heterocycles. The van der Waals surface area contributed by atoms with Crippen LogP contribution in [0.25, 0.3) is 0 Å². The van der Waals surface area contributed by atoms with Crippen LogP contribution in [0.5, 0.6) is 0 Å². The van der Waals surface area contributed by atoms with E-state index >= 15 is 0 Å². The van der Waals surface area contributed by atoms with Gasteiger partial charge < -0.3 is 10.1 Å². The van der Waals surface area contributed by atoms with Gasteiger partial charge in [0.1, 0.15) is 0 Å². The number of methoxy groups -OCH3 is 1. The highest BCUT2D eigenvalue weighted by atomic mass is 32.1. The average molecular weight is 254 g/mol. The second kappa shape index (κ2) is 5.04. The maximum atomic E-state index is 11.4. The molecule has 0 radical (unpaired) electrons. The molecule has 0 saturated heterocycles. The van der Waals surface area contributed by atoms with Crippen molar-refractivity contribution < 1.29 is 9.53 Å². The van der Waals surface area contributed by atoms with Gasteiger partial charge in [-0.25, -0.2) is 9.78 Å². The van der Waals surface area contributed by atoms with Crippen LogP contribution in [0.4, 0.5) is 5.13 Å². The number of ether oxygens (including phenoxy) is 1. The van der Waals surface area contributed by atoms with Gasteiger partial charge in [-0.2, -0.15) is 0 Å². The number of anilines is 1. The number of hydrogen-bond donors (Lipinski definition) is 1. The van der Waals surface area contributed by atoms with Crippen molar-refractivity contribution in [2.45, 2.75) is 39.2 Å². The molecule has 0 aromatic carbocycles. The zero-order valence-corrected chi connectivity index (χ0v) is 11.3. The molecule has 2 rings (SSSR count). The van der Waals surface area contributed by atoms with Crippen molar-refractivity contribution in [1.29, 1.82) is 0 Å². The lowest BCUT2D eigenvalue weighted by Crippen LogP contribution is -2.06. The number of nitrogens with one attached hydrogen (secondary N) is 1. The van der Waals surface area contributed by atoms with Crippen molar-refractivity contribution >= 4 is 22.4 Å². The number of rotatable bonds is 5. The fraction of sp³-hybridized carbons (Fsp3) is 0.667. The molecule has 17 heavy (non-hydrogen) atoms. The summed E-state index contributed by atoms with van der Waals surface area (Å²) in [6, 6.07) is 0.547. The fourth-order valence-corrected chi connectivity index (χ4v) is 2.88. The summed E-state index contributed by atoms with van der Waals surface area (Å²) in [5.74, 6) is 0.429. The summed E-state index contributed by atoms with van der Waals surface area (Å²) in [7, 11) is 1.38. The van der Waals surface area contributed by atoms with Gasteiger partial charge in [0, 0.05) is 10.9 Å². The van der Waals surface area contributed by atoms with E-state index in [4.69, 9.17) is 0 Å². The fourth-order valence-electron chi connectivity index (χ4n) is 2.02. The molecule has 94 valence electrons. The minimum atomic E-state index is -0.354. The number of aromatic nitrogens is 1. The molecule has 0 aliphatic heterocycles. The number of thiazole rings is 1. The highest BCUT2D eigenvalue weighted by Gasteiger charge is 2.36. The molecule has 1 aliphatic carbocycles. The first kappa shape index (κ1) is 12.4. The number of hydrogen-bond acceptors (Lipinski definition) is 5. The topological polar surface area (TPSA) is 51.2 Å². The second-order valence-electron chi connectivity index (χ2n) is 4.45. The smallest absolute Gasteiger partial charge is 0.357 e.